The van der Waals surface area contributed by atoms with Gasteiger partial charge in [-0.1, -0.05) is 0 Å². The Morgan fingerprint density at radius 3 is 1.67 bits per heavy atom. The Hall–Kier alpha value is -0.0400. The van der Waals surface area contributed by atoms with Crippen molar-refractivity contribution in [3.8, 4) is 0 Å². The summed E-state index contributed by atoms with van der Waals surface area (Å²) in [6.45, 7) is 2.00. The van der Waals surface area contributed by atoms with Gasteiger partial charge >= 0.3 is 0 Å². The molecule has 6 heavy (non-hydrogen) atoms. The minimum absolute atomic E-state index is 1.00. The van der Waals surface area contributed by atoms with Crippen LogP contribution in [-0.2, 0) is 4.74 Å². The molecule has 0 amide bonds. The topological polar surface area (TPSA) is 11.3 Å². The molecular formula is C5H10O+. The van der Waals surface area contributed by atoms with Gasteiger partial charge in [-0.2, -0.15) is 0 Å². The molecule has 1 rings (SSSR count). The number of rotatable bonds is 0. The Labute approximate surface area is 38.3 Å². The van der Waals surface area contributed by atoms with Gasteiger partial charge in [-0.15, -0.1) is 4.74 Å². The first-order chi connectivity index (χ1) is 3.00. The van der Waals surface area contributed by atoms with Crippen LogP contribution in [0.1, 0.15) is 19.3 Å². The molecule has 0 aromatic heterocycles. The minimum atomic E-state index is 1.00. The van der Waals surface area contributed by atoms with Gasteiger partial charge in [0.05, 0.1) is 0 Å². The Balaban J connectivity index is 2.00. The van der Waals surface area contributed by atoms with E-state index in [1.807, 2.05) is 0 Å². The van der Waals surface area contributed by atoms with Crippen molar-refractivity contribution in [3.63, 3.8) is 0 Å². The summed E-state index contributed by atoms with van der Waals surface area (Å²) in [5.74, 6) is 0. The summed E-state index contributed by atoms with van der Waals surface area (Å²) in [4.78, 5) is 0. The van der Waals surface area contributed by atoms with E-state index in [9.17, 15) is 0 Å². The Bertz CT molecular complexity index is 19.4. The van der Waals surface area contributed by atoms with E-state index in [2.05, 4.69) is 0 Å². The SMILES string of the molecule is C1CC[O+]CC1. The van der Waals surface area contributed by atoms with Crippen molar-refractivity contribution in [2.45, 2.75) is 19.3 Å². The molecule has 1 nitrogen and oxygen atoms in total. The van der Waals surface area contributed by atoms with E-state index in [-0.39, 0.29) is 0 Å². The fourth-order valence-electron chi connectivity index (χ4n) is 0.687. The summed E-state index contributed by atoms with van der Waals surface area (Å²) in [7, 11) is 0. The average molecular weight is 86.1 g/mol. The van der Waals surface area contributed by atoms with E-state index in [1.165, 1.54) is 19.3 Å². The van der Waals surface area contributed by atoms with Crippen molar-refractivity contribution < 1.29 is 4.74 Å². The van der Waals surface area contributed by atoms with Crippen LogP contribution in [0.3, 0.4) is 0 Å². The van der Waals surface area contributed by atoms with Gasteiger partial charge in [-0.3, -0.25) is 0 Å². The number of hydrogen-bond acceptors (Lipinski definition) is 1. The largest absolute Gasteiger partial charge is 0.219 e. The molecular weight excluding hydrogens is 76.1 g/mol. The standard InChI is InChI=1S/C5H10O/c1-2-4-6-5-3-1/h1-5H2/q+1. The number of hydrogen-bond donors (Lipinski definition) is 0. The Kier molecular flexibility index (Phi) is 1.51. The maximum atomic E-state index is 5.07. The highest BCUT2D eigenvalue weighted by Gasteiger charge is 2.06. The summed E-state index contributed by atoms with van der Waals surface area (Å²) in [5, 5.41) is 0. The van der Waals surface area contributed by atoms with Crippen LogP contribution in [0.4, 0.5) is 0 Å². The molecule has 0 aromatic carbocycles. The predicted molar refractivity (Wildman–Crippen MR) is 24.7 cm³/mol. The molecule has 0 aromatic rings. The summed E-state index contributed by atoms with van der Waals surface area (Å²) < 4.78 is 5.07. The van der Waals surface area contributed by atoms with E-state index in [0.29, 0.717) is 0 Å². The summed E-state index contributed by atoms with van der Waals surface area (Å²) in [5.41, 5.74) is 0. The maximum Gasteiger partial charge on any atom is 0.219 e. The van der Waals surface area contributed by atoms with E-state index in [1.54, 1.807) is 0 Å². The fourth-order valence-corrected chi connectivity index (χ4v) is 0.687. The predicted octanol–water partition coefficient (Wildman–Crippen LogP) is 1.19. The van der Waals surface area contributed by atoms with Crippen LogP contribution >= 0.6 is 0 Å². The zero-order chi connectivity index (χ0) is 4.24. The lowest BCUT2D eigenvalue weighted by molar-refractivity contribution is 0.0968. The smallest absolute Gasteiger partial charge is 0.144 e. The second kappa shape index (κ2) is 2.19. The third-order valence-electron chi connectivity index (χ3n) is 1.08. The number of ether oxygens (including phenoxy) is 1. The molecule has 1 heterocycles. The molecule has 1 radical (unpaired) electrons. The zero-order valence-electron chi connectivity index (χ0n) is 3.94. The van der Waals surface area contributed by atoms with Gasteiger partial charge in [0, 0.05) is 12.8 Å². The van der Waals surface area contributed by atoms with Crippen LogP contribution in [0.15, 0.2) is 0 Å². The second-order valence-corrected chi connectivity index (χ2v) is 1.67. The first-order valence-corrected chi connectivity index (χ1v) is 2.58. The average Bonchev–Trinajstić information content (AvgIpc) is 1.72. The molecule has 0 aliphatic carbocycles. The first-order valence-electron chi connectivity index (χ1n) is 2.58. The molecule has 1 heteroatoms. The first kappa shape index (κ1) is 4.13. The molecule has 0 atom stereocenters. The lowest BCUT2D eigenvalue weighted by atomic mass is 10.2. The molecule has 1 fully saturated rings. The van der Waals surface area contributed by atoms with Crippen LogP contribution in [0.2, 0.25) is 0 Å². The second-order valence-electron chi connectivity index (χ2n) is 1.67. The lowest BCUT2D eigenvalue weighted by Crippen LogP contribution is -2.03. The van der Waals surface area contributed by atoms with Crippen molar-refractivity contribution >= 4 is 0 Å². The Morgan fingerprint density at radius 2 is 1.50 bits per heavy atom. The highest BCUT2D eigenvalue weighted by Crippen LogP contribution is 2.01. The molecule has 0 saturated carbocycles. The summed E-state index contributed by atoms with van der Waals surface area (Å²) in [6, 6.07) is 0. The monoisotopic (exact) mass is 86.1 g/mol. The van der Waals surface area contributed by atoms with E-state index < -0.39 is 0 Å². The highest BCUT2D eigenvalue weighted by atomic mass is 16.5. The quantitative estimate of drug-likeness (QED) is 0.403. The van der Waals surface area contributed by atoms with E-state index >= 15 is 0 Å². The zero-order valence-corrected chi connectivity index (χ0v) is 3.94. The molecule has 1 aliphatic heterocycles. The molecule has 0 N–H and O–H groups in total. The van der Waals surface area contributed by atoms with Crippen LogP contribution in [0.25, 0.3) is 0 Å². The molecule has 1 saturated heterocycles. The summed E-state index contributed by atoms with van der Waals surface area (Å²) in [6.07, 6.45) is 3.93. The van der Waals surface area contributed by atoms with Crippen LogP contribution < -0.4 is 0 Å². The van der Waals surface area contributed by atoms with Gasteiger partial charge in [0.25, 0.3) is 0 Å². The van der Waals surface area contributed by atoms with Gasteiger partial charge in [0.1, 0.15) is 0 Å². The van der Waals surface area contributed by atoms with Gasteiger partial charge in [0.2, 0.25) is 13.2 Å². The van der Waals surface area contributed by atoms with Gasteiger partial charge in [-0.05, 0) is 6.42 Å². The van der Waals surface area contributed by atoms with Gasteiger partial charge in [0.15, 0.2) is 0 Å². The van der Waals surface area contributed by atoms with Crippen LogP contribution in [0.5, 0.6) is 0 Å². The van der Waals surface area contributed by atoms with Crippen LogP contribution in [-0.4, -0.2) is 13.2 Å². The highest BCUT2D eigenvalue weighted by molar-refractivity contribution is 4.45. The fraction of sp³-hybridized carbons (Fsp3) is 1.00. The van der Waals surface area contributed by atoms with Crippen molar-refractivity contribution in [1.82, 2.24) is 0 Å². The molecule has 0 unspecified atom stereocenters. The third kappa shape index (κ3) is 0.977. The van der Waals surface area contributed by atoms with Crippen LogP contribution in [0, 0.1) is 0 Å². The van der Waals surface area contributed by atoms with Crippen molar-refractivity contribution in [1.29, 1.82) is 0 Å². The van der Waals surface area contributed by atoms with E-state index in [0.717, 1.165) is 13.2 Å². The van der Waals surface area contributed by atoms with E-state index in [4.69, 9.17) is 4.74 Å². The molecule has 0 spiro atoms. The Morgan fingerprint density at radius 1 is 0.833 bits per heavy atom. The van der Waals surface area contributed by atoms with Gasteiger partial charge < -0.3 is 0 Å². The lowest BCUT2D eigenvalue weighted by Gasteiger charge is -1.95. The minimum Gasteiger partial charge on any atom is -0.144 e. The summed E-state index contributed by atoms with van der Waals surface area (Å²) >= 11 is 0. The maximum absolute atomic E-state index is 5.07. The van der Waals surface area contributed by atoms with Crippen molar-refractivity contribution in [3.05, 3.63) is 0 Å². The molecule has 1 aliphatic rings. The molecule has 0 bridgehead atoms. The molecule has 35 valence electrons. The normalized spacial score (nSPS) is 24.0. The van der Waals surface area contributed by atoms with Crippen molar-refractivity contribution in [2.75, 3.05) is 13.2 Å². The third-order valence-corrected chi connectivity index (χ3v) is 1.08. The van der Waals surface area contributed by atoms with Gasteiger partial charge in [-0.25, -0.2) is 0 Å². The van der Waals surface area contributed by atoms with Crippen molar-refractivity contribution in [2.24, 2.45) is 0 Å².